The first kappa shape index (κ1) is 7.24. The van der Waals surface area contributed by atoms with Gasteiger partial charge in [0.25, 0.3) is 0 Å². The minimum absolute atomic E-state index is 0.0813. The van der Waals surface area contributed by atoms with Gasteiger partial charge in [0.2, 0.25) is 0 Å². The van der Waals surface area contributed by atoms with Crippen LogP contribution in [0.4, 0.5) is 0 Å². The Morgan fingerprint density at radius 3 is 3.00 bits per heavy atom. The molecule has 0 unspecified atom stereocenters. The standard InChI is InChI=1S/C6H10N2O2/c1-4-5(2-8-10-4)6(7)3-9/h2,6,9H,3,7H2,1H3/t6-/m1/s1. The van der Waals surface area contributed by atoms with Gasteiger partial charge in [0, 0.05) is 5.56 Å². The van der Waals surface area contributed by atoms with Crippen molar-refractivity contribution in [3.8, 4) is 0 Å². The summed E-state index contributed by atoms with van der Waals surface area (Å²) in [7, 11) is 0. The highest BCUT2D eigenvalue weighted by molar-refractivity contribution is 5.15. The summed E-state index contributed by atoms with van der Waals surface area (Å²) in [4.78, 5) is 0. The Morgan fingerprint density at radius 2 is 2.60 bits per heavy atom. The zero-order valence-electron chi connectivity index (χ0n) is 5.74. The minimum Gasteiger partial charge on any atom is -0.394 e. The Labute approximate surface area is 58.6 Å². The van der Waals surface area contributed by atoms with Gasteiger partial charge >= 0.3 is 0 Å². The van der Waals surface area contributed by atoms with Crippen molar-refractivity contribution in [1.29, 1.82) is 0 Å². The Bertz CT molecular complexity index is 209. The van der Waals surface area contributed by atoms with E-state index in [-0.39, 0.29) is 12.6 Å². The molecule has 0 aromatic carbocycles. The predicted octanol–water partition coefficient (Wildman–Crippen LogP) is -0.0249. The van der Waals surface area contributed by atoms with Crippen LogP contribution in [-0.2, 0) is 0 Å². The summed E-state index contributed by atoms with van der Waals surface area (Å²) < 4.78 is 4.75. The van der Waals surface area contributed by atoms with E-state index < -0.39 is 0 Å². The molecule has 1 atom stereocenters. The number of rotatable bonds is 2. The Balaban J connectivity index is 2.82. The van der Waals surface area contributed by atoms with Crippen molar-refractivity contribution in [3.63, 3.8) is 0 Å². The normalized spacial score (nSPS) is 13.5. The lowest BCUT2D eigenvalue weighted by atomic mass is 10.1. The van der Waals surface area contributed by atoms with Crippen LogP contribution in [0.3, 0.4) is 0 Å². The molecule has 10 heavy (non-hydrogen) atoms. The van der Waals surface area contributed by atoms with E-state index in [0.29, 0.717) is 5.76 Å². The maximum Gasteiger partial charge on any atom is 0.138 e. The molecule has 0 radical (unpaired) electrons. The molecular formula is C6H10N2O2. The Morgan fingerprint density at radius 1 is 1.90 bits per heavy atom. The minimum atomic E-state index is -0.369. The number of aliphatic hydroxyl groups excluding tert-OH is 1. The van der Waals surface area contributed by atoms with Gasteiger partial charge in [-0.05, 0) is 6.92 Å². The van der Waals surface area contributed by atoms with E-state index in [4.69, 9.17) is 15.4 Å². The molecule has 1 rings (SSSR count). The van der Waals surface area contributed by atoms with Crippen molar-refractivity contribution >= 4 is 0 Å². The van der Waals surface area contributed by atoms with Crippen LogP contribution in [0, 0.1) is 6.92 Å². The fourth-order valence-electron chi connectivity index (χ4n) is 0.761. The van der Waals surface area contributed by atoms with Crippen molar-refractivity contribution in [2.24, 2.45) is 5.73 Å². The van der Waals surface area contributed by atoms with Gasteiger partial charge in [-0.25, -0.2) is 0 Å². The summed E-state index contributed by atoms with van der Waals surface area (Å²) in [6.45, 7) is 1.68. The number of aryl methyl sites for hydroxylation is 1. The third kappa shape index (κ3) is 1.17. The van der Waals surface area contributed by atoms with Crippen LogP contribution in [0.25, 0.3) is 0 Å². The lowest BCUT2D eigenvalue weighted by Gasteiger charge is -2.03. The van der Waals surface area contributed by atoms with E-state index >= 15 is 0 Å². The molecule has 1 aromatic heterocycles. The molecule has 0 aliphatic rings. The molecule has 0 bridgehead atoms. The lowest BCUT2D eigenvalue weighted by Crippen LogP contribution is -2.14. The topological polar surface area (TPSA) is 72.3 Å². The van der Waals surface area contributed by atoms with Gasteiger partial charge in [-0.2, -0.15) is 0 Å². The molecule has 0 amide bonds. The smallest absolute Gasteiger partial charge is 0.138 e. The van der Waals surface area contributed by atoms with Gasteiger partial charge in [0.1, 0.15) is 5.76 Å². The zero-order valence-corrected chi connectivity index (χ0v) is 5.74. The Kier molecular flexibility index (Phi) is 2.03. The molecule has 1 aromatic rings. The SMILES string of the molecule is Cc1oncc1[C@H](N)CO. The summed E-state index contributed by atoms with van der Waals surface area (Å²) in [5.74, 6) is 0.668. The van der Waals surface area contributed by atoms with E-state index in [1.807, 2.05) is 0 Å². The van der Waals surface area contributed by atoms with Gasteiger partial charge in [-0.3, -0.25) is 0 Å². The summed E-state index contributed by atoms with van der Waals surface area (Å²) in [6.07, 6.45) is 1.52. The van der Waals surface area contributed by atoms with E-state index in [1.54, 1.807) is 6.92 Å². The van der Waals surface area contributed by atoms with Gasteiger partial charge in [-0.15, -0.1) is 0 Å². The molecule has 0 spiro atoms. The van der Waals surface area contributed by atoms with Crippen molar-refractivity contribution in [2.75, 3.05) is 6.61 Å². The van der Waals surface area contributed by atoms with Crippen LogP contribution in [0.5, 0.6) is 0 Å². The van der Waals surface area contributed by atoms with E-state index in [9.17, 15) is 0 Å². The zero-order chi connectivity index (χ0) is 7.56. The molecular weight excluding hydrogens is 132 g/mol. The molecule has 4 nitrogen and oxygen atoms in total. The average Bonchev–Trinajstić information content (AvgIpc) is 2.34. The van der Waals surface area contributed by atoms with Crippen molar-refractivity contribution in [3.05, 3.63) is 17.5 Å². The van der Waals surface area contributed by atoms with Crippen LogP contribution in [0.1, 0.15) is 17.4 Å². The summed E-state index contributed by atoms with van der Waals surface area (Å²) >= 11 is 0. The van der Waals surface area contributed by atoms with Gasteiger partial charge in [-0.1, -0.05) is 5.16 Å². The second-order valence-electron chi connectivity index (χ2n) is 2.13. The van der Waals surface area contributed by atoms with Crippen LogP contribution in [0.2, 0.25) is 0 Å². The van der Waals surface area contributed by atoms with E-state index in [0.717, 1.165) is 5.56 Å². The highest BCUT2D eigenvalue weighted by Gasteiger charge is 2.10. The Hall–Kier alpha value is -0.870. The number of hydrogen-bond donors (Lipinski definition) is 2. The molecule has 0 saturated heterocycles. The van der Waals surface area contributed by atoms with Gasteiger partial charge in [0.15, 0.2) is 0 Å². The van der Waals surface area contributed by atoms with Gasteiger partial charge < -0.3 is 15.4 Å². The number of nitrogens with zero attached hydrogens (tertiary/aromatic N) is 1. The molecule has 3 N–H and O–H groups in total. The summed E-state index contributed by atoms with van der Waals surface area (Å²) in [5, 5.41) is 12.2. The molecule has 0 fully saturated rings. The third-order valence-electron chi connectivity index (χ3n) is 1.38. The van der Waals surface area contributed by atoms with Crippen LogP contribution in [-0.4, -0.2) is 16.9 Å². The monoisotopic (exact) mass is 142 g/mol. The molecule has 0 saturated carbocycles. The van der Waals surface area contributed by atoms with Crippen molar-refractivity contribution in [1.82, 2.24) is 5.16 Å². The molecule has 0 aliphatic carbocycles. The lowest BCUT2D eigenvalue weighted by molar-refractivity contribution is 0.266. The highest BCUT2D eigenvalue weighted by Crippen LogP contribution is 2.12. The second-order valence-corrected chi connectivity index (χ2v) is 2.13. The van der Waals surface area contributed by atoms with Crippen molar-refractivity contribution < 1.29 is 9.63 Å². The summed E-state index contributed by atoms with van der Waals surface area (Å²) in [5.41, 5.74) is 6.26. The third-order valence-corrected chi connectivity index (χ3v) is 1.38. The number of hydrogen-bond acceptors (Lipinski definition) is 4. The maximum atomic E-state index is 8.64. The second kappa shape index (κ2) is 2.81. The fraction of sp³-hybridized carbons (Fsp3) is 0.500. The van der Waals surface area contributed by atoms with E-state index in [2.05, 4.69) is 5.16 Å². The predicted molar refractivity (Wildman–Crippen MR) is 35.3 cm³/mol. The average molecular weight is 142 g/mol. The van der Waals surface area contributed by atoms with E-state index in [1.165, 1.54) is 6.20 Å². The molecule has 0 aliphatic heterocycles. The highest BCUT2D eigenvalue weighted by atomic mass is 16.5. The molecule has 1 heterocycles. The first-order valence-electron chi connectivity index (χ1n) is 3.03. The number of aromatic nitrogens is 1. The molecule has 4 heteroatoms. The van der Waals surface area contributed by atoms with Crippen LogP contribution >= 0.6 is 0 Å². The maximum absolute atomic E-state index is 8.64. The van der Waals surface area contributed by atoms with Gasteiger partial charge in [0.05, 0.1) is 18.8 Å². The quantitative estimate of drug-likeness (QED) is 0.608. The van der Waals surface area contributed by atoms with Crippen molar-refractivity contribution in [2.45, 2.75) is 13.0 Å². The first-order valence-corrected chi connectivity index (χ1v) is 3.03. The molecule has 56 valence electrons. The largest absolute Gasteiger partial charge is 0.394 e. The van der Waals surface area contributed by atoms with Crippen LogP contribution < -0.4 is 5.73 Å². The summed E-state index contributed by atoms with van der Waals surface area (Å²) in [6, 6.07) is -0.369. The van der Waals surface area contributed by atoms with Crippen LogP contribution in [0.15, 0.2) is 10.7 Å². The number of nitrogens with two attached hydrogens (primary N) is 1. The fourth-order valence-corrected chi connectivity index (χ4v) is 0.761. The number of aliphatic hydroxyl groups is 1. The first-order chi connectivity index (χ1) is 4.75.